The van der Waals surface area contributed by atoms with E-state index in [9.17, 15) is 14.7 Å². The van der Waals surface area contributed by atoms with Crippen LogP contribution in [0.15, 0.2) is 47.6 Å². The average molecular weight is 487 g/mol. The van der Waals surface area contributed by atoms with Crippen LogP contribution < -0.4 is 14.8 Å². The van der Waals surface area contributed by atoms with Crippen molar-refractivity contribution < 1.29 is 29.0 Å². The van der Waals surface area contributed by atoms with E-state index in [4.69, 9.17) is 14.3 Å². The second-order valence-electron chi connectivity index (χ2n) is 7.85. The van der Waals surface area contributed by atoms with E-state index in [0.29, 0.717) is 11.5 Å². The van der Waals surface area contributed by atoms with Gasteiger partial charge in [-0.25, -0.2) is 4.79 Å². The lowest BCUT2D eigenvalue weighted by Gasteiger charge is -2.23. The number of methoxy groups -OCH3 is 2. The summed E-state index contributed by atoms with van der Waals surface area (Å²) < 4.78 is 11.0. The molecular weight excluding hydrogens is 456 g/mol. The Morgan fingerprint density at radius 3 is 2.21 bits per heavy atom. The minimum atomic E-state index is -1.11. The number of aliphatic carboxylic acids is 1. The number of nitrogens with one attached hydrogen (secondary N) is 1. The number of ether oxygens (including phenoxy) is 2. The first kappa shape index (κ1) is 25.4. The molecule has 0 saturated carbocycles. The van der Waals surface area contributed by atoms with Gasteiger partial charge in [-0.3, -0.25) is 4.79 Å². The van der Waals surface area contributed by atoms with Crippen LogP contribution in [-0.2, 0) is 20.8 Å². The number of carboxylic acids is 1. The van der Waals surface area contributed by atoms with E-state index in [2.05, 4.69) is 10.5 Å². The third-order valence-electron chi connectivity index (χ3n) is 5.74. The number of thioether (sulfide) groups is 1. The molecule has 0 radical (unpaired) electrons. The Bertz CT molecular complexity index is 996. The molecular formula is C25H30N2O6S. The SMILES string of the molecule is CON=C(C(=O)N[C@@H](Cc1ccc(-c2c(OC)cccc2OC)cc1)C(=O)O)C1CCSCC1. The Labute approximate surface area is 203 Å². The Morgan fingerprint density at radius 1 is 1.06 bits per heavy atom. The molecule has 1 heterocycles. The summed E-state index contributed by atoms with van der Waals surface area (Å²) in [4.78, 5) is 29.7. The van der Waals surface area contributed by atoms with E-state index in [1.165, 1.54) is 7.11 Å². The summed E-state index contributed by atoms with van der Waals surface area (Å²) in [5, 5.41) is 16.3. The predicted molar refractivity (Wildman–Crippen MR) is 133 cm³/mol. The minimum Gasteiger partial charge on any atom is -0.496 e. The molecule has 0 spiro atoms. The lowest BCUT2D eigenvalue weighted by atomic mass is 9.95. The third-order valence-corrected chi connectivity index (χ3v) is 6.79. The standard InChI is InChI=1S/C25H30N2O6S/c1-31-20-5-4-6-21(32-2)22(20)17-9-7-16(8-10-17)15-19(25(29)30)26-24(28)23(27-33-3)18-11-13-34-14-12-18/h4-10,18-19H,11-15H2,1-3H3,(H,26,28)(H,29,30)/t19-/m0/s1. The highest BCUT2D eigenvalue weighted by atomic mass is 32.2. The molecule has 1 aliphatic heterocycles. The van der Waals surface area contributed by atoms with E-state index >= 15 is 0 Å². The second kappa shape index (κ2) is 12.3. The first-order valence-electron chi connectivity index (χ1n) is 11.0. The molecule has 1 saturated heterocycles. The largest absolute Gasteiger partial charge is 0.496 e. The molecule has 0 aromatic heterocycles. The summed E-state index contributed by atoms with van der Waals surface area (Å²) in [5.41, 5.74) is 2.71. The van der Waals surface area contributed by atoms with Crippen molar-refractivity contribution in [1.82, 2.24) is 5.32 Å². The first-order valence-corrected chi connectivity index (χ1v) is 12.2. The molecule has 34 heavy (non-hydrogen) atoms. The van der Waals surface area contributed by atoms with Gasteiger partial charge in [0.05, 0.1) is 19.8 Å². The van der Waals surface area contributed by atoms with Crippen molar-refractivity contribution in [2.24, 2.45) is 11.1 Å². The lowest BCUT2D eigenvalue weighted by Crippen LogP contribution is -2.47. The van der Waals surface area contributed by atoms with Crippen LogP contribution in [0.1, 0.15) is 18.4 Å². The molecule has 1 aliphatic rings. The van der Waals surface area contributed by atoms with Gasteiger partial charge in [-0.05, 0) is 47.6 Å². The van der Waals surface area contributed by atoms with Gasteiger partial charge in [0.15, 0.2) is 0 Å². The van der Waals surface area contributed by atoms with E-state index in [0.717, 1.165) is 41.0 Å². The fraction of sp³-hybridized carbons (Fsp3) is 0.400. The van der Waals surface area contributed by atoms with Crippen molar-refractivity contribution in [3.8, 4) is 22.6 Å². The van der Waals surface area contributed by atoms with Gasteiger partial charge < -0.3 is 24.7 Å². The highest BCUT2D eigenvalue weighted by Gasteiger charge is 2.29. The third kappa shape index (κ3) is 6.22. The number of carbonyl (C=O) groups is 2. The Hall–Kier alpha value is -3.20. The number of carbonyl (C=O) groups excluding carboxylic acids is 1. The minimum absolute atomic E-state index is 0.0363. The van der Waals surface area contributed by atoms with Gasteiger partial charge in [0, 0.05) is 12.3 Å². The zero-order chi connectivity index (χ0) is 24.5. The van der Waals surface area contributed by atoms with Crippen molar-refractivity contribution >= 4 is 29.4 Å². The average Bonchev–Trinajstić information content (AvgIpc) is 2.87. The molecule has 1 amide bonds. The second-order valence-corrected chi connectivity index (χ2v) is 9.07. The monoisotopic (exact) mass is 486 g/mol. The highest BCUT2D eigenvalue weighted by Crippen LogP contribution is 2.38. The fourth-order valence-corrected chi connectivity index (χ4v) is 5.09. The number of oxime groups is 1. The maximum atomic E-state index is 12.9. The molecule has 0 aliphatic carbocycles. The summed E-state index contributed by atoms with van der Waals surface area (Å²) in [5.74, 6) is 1.58. The Balaban J connectivity index is 1.76. The van der Waals surface area contributed by atoms with E-state index < -0.39 is 17.9 Å². The molecule has 8 nitrogen and oxygen atoms in total. The quantitative estimate of drug-likeness (QED) is 0.390. The maximum absolute atomic E-state index is 12.9. The van der Waals surface area contributed by atoms with Crippen LogP contribution in [0.3, 0.4) is 0 Å². The van der Waals surface area contributed by atoms with Gasteiger partial charge >= 0.3 is 5.97 Å². The fourth-order valence-electron chi connectivity index (χ4n) is 3.98. The molecule has 1 atom stereocenters. The maximum Gasteiger partial charge on any atom is 0.326 e. The van der Waals surface area contributed by atoms with E-state index in [1.807, 2.05) is 54.2 Å². The molecule has 182 valence electrons. The molecule has 3 rings (SSSR count). The first-order chi connectivity index (χ1) is 16.5. The Kier molecular flexibility index (Phi) is 9.21. The predicted octanol–water partition coefficient (Wildman–Crippen LogP) is 3.63. The molecule has 0 unspecified atom stereocenters. The van der Waals surface area contributed by atoms with Crippen molar-refractivity contribution in [3.05, 3.63) is 48.0 Å². The molecule has 2 aromatic carbocycles. The number of nitrogens with zero attached hydrogens (tertiary/aromatic N) is 1. The summed E-state index contributed by atoms with van der Waals surface area (Å²) in [6.45, 7) is 0. The van der Waals surface area contributed by atoms with Crippen molar-refractivity contribution in [3.63, 3.8) is 0 Å². The number of carboxylic acid groups (broad SMARTS) is 1. The van der Waals surface area contributed by atoms with Crippen LogP contribution in [0, 0.1) is 5.92 Å². The van der Waals surface area contributed by atoms with Crippen LogP contribution in [0.4, 0.5) is 0 Å². The van der Waals surface area contributed by atoms with Gasteiger partial charge in [0.25, 0.3) is 5.91 Å². The van der Waals surface area contributed by atoms with Gasteiger partial charge in [-0.15, -0.1) is 0 Å². The summed E-state index contributed by atoms with van der Waals surface area (Å²) in [6, 6.07) is 11.9. The summed E-state index contributed by atoms with van der Waals surface area (Å²) >= 11 is 1.83. The van der Waals surface area contributed by atoms with Crippen LogP contribution in [0.25, 0.3) is 11.1 Å². The summed E-state index contributed by atoms with van der Waals surface area (Å²) in [7, 11) is 4.58. The van der Waals surface area contributed by atoms with Crippen molar-refractivity contribution in [1.29, 1.82) is 0 Å². The van der Waals surface area contributed by atoms with E-state index in [1.54, 1.807) is 14.2 Å². The zero-order valence-electron chi connectivity index (χ0n) is 19.6. The normalized spacial score (nSPS) is 15.3. The van der Waals surface area contributed by atoms with Gasteiger partial charge in [0.1, 0.15) is 30.4 Å². The number of benzene rings is 2. The number of hydrogen-bond acceptors (Lipinski definition) is 7. The molecule has 1 fully saturated rings. The highest BCUT2D eigenvalue weighted by molar-refractivity contribution is 7.99. The van der Waals surface area contributed by atoms with Crippen LogP contribution in [0.2, 0.25) is 0 Å². The summed E-state index contributed by atoms with van der Waals surface area (Å²) in [6.07, 6.45) is 1.75. The topological polar surface area (TPSA) is 106 Å². The molecule has 2 aromatic rings. The van der Waals surface area contributed by atoms with Crippen LogP contribution in [-0.4, -0.2) is 61.6 Å². The van der Waals surface area contributed by atoms with Crippen LogP contribution >= 0.6 is 11.8 Å². The zero-order valence-corrected chi connectivity index (χ0v) is 20.4. The van der Waals surface area contributed by atoms with Gasteiger partial charge in [0.2, 0.25) is 0 Å². The molecule has 9 heteroatoms. The van der Waals surface area contributed by atoms with E-state index in [-0.39, 0.29) is 18.1 Å². The molecule has 0 bridgehead atoms. The van der Waals surface area contributed by atoms with Gasteiger partial charge in [-0.2, -0.15) is 11.8 Å². The number of rotatable bonds is 10. The number of hydrogen-bond donors (Lipinski definition) is 2. The smallest absolute Gasteiger partial charge is 0.326 e. The molecule has 2 N–H and O–H groups in total. The Morgan fingerprint density at radius 2 is 1.68 bits per heavy atom. The van der Waals surface area contributed by atoms with Crippen molar-refractivity contribution in [2.45, 2.75) is 25.3 Å². The lowest BCUT2D eigenvalue weighted by molar-refractivity contribution is -0.141. The van der Waals surface area contributed by atoms with Gasteiger partial charge in [-0.1, -0.05) is 35.5 Å². The van der Waals surface area contributed by atoms with Crippen molar-refractivity contribution in [2.75, 3.05) is 32.8 Å². The number of amides is 1. The van der Waals surface area contributed by atoms with Crippen LogP contribution in [0.5, 0.6) is 11.5 Å².